The molecule has 0 radical (unpaired) electrons. The second kappa shape index (κ2) is 7.44. The fraction of sp³-hybridized carbons (Fsp3) is 0.588. The van der Waals surface area contributed by atoms with Crippen LogP contribution in [0.25, 0.3) is 0 Å². The summed E-state index contributed by atoms with van der Waals surface area (Å²) in [5.41, 5.74) is 0.386. The van der Waals surface area contributed by atoms with E-state index in [4.69, 9.17) is 4.74 Å². The van der Waals surface area contributed by atoms with Crippen molar-refractivity contribution in [3.8, 4) is 11.8 Å². The van der Waals surface area contributed by atoms with Gasteiger partial charge in [0.25, 0.3) is 0 Å². The van der Waals surface area contributed by atoms with E-state index in [-0.39, 0.29) is 6.61 Å². The molecule has 1 unspecified atom stereocenters. The van der Waals surface area contributed by atoms with E-state index in [2.05, 4.69) is 18.3 Å². The van der Waals surface area contributed by atoms with Crippen molar-refractivity contribution < 1.29 is 9.84 Å². The zero-order valence-electron chi connectivity index (χ0n) is 12.6. The lowest BCUT2D eigenvalue weighted by molar-refractivity contribution is 0.251. The van der Waals surface area contributed by atoms with Gasteiger partial charge in [-0.05, 0) is 38.2 Å². The number of benzene rings is 1. The summed E-state index contributed by atoms with van der Waals surface area (Å²) in [6.45, 7) is 2.60. The second-order valence-electron chi connectivity index (χ2n) is 5.68. The molecule has 1 fully saturated rings. The molecule has 4 nitrogen and oxygen atoms in total. The van der Waals surface area contributed by atoms with E-state index in [1.165, 1.54) is 12.8 Å². The maximum Gasteiger partial charge on any atom is 0.124 e. The van der Waals surface area contributed by atoms with Crippen molar-refractivity contribution >= 4 is 0 Å². The van der Waals surface area contributed by atoms with Crippen molar-refractivity contribution in [3.05, 3.63) is 29.8 Å². The summed E-state index contributed by atoms with van der Waals surface area (Å²) < 4.78 is 5.74. The molecule has 2 rings (SSSR count). The number of nitrogens with zero attached hydrogens (tertiary/aromatic N) is 1. The molecule has 0 heterocycles. The van der Waals surface area contributed by atoms with Gasteiger partial charge >= 0.3 is 0 Å². The highest BCUT2D eigenvalue weighted by molar-refractivity contribution is 5.32. The molecular formula is C17H24N2O2. The van der Waals surface area contributed by atoms with Crippen molar-refractivity contribution in [2.24, 2.45) is 0 Å². The van der Waals surface area contributed by atoms with Crippen LogP contribution in [0.1, 0.15) is 44.6 Å². The Labute approximate surface area is 126 Å². The highest BCUT2D eigenvalue weighted by Gasteiger charge is 2.34. The average molecular weight is 288 g/mol. The summed E-state index contributed by atoms with van der Waals surface area (Å²) in [4.78, 5) is 0. The first kappa shape index (κ1) is 15.8. The van der Waals surface area contributed by atoms with Crippen LogP contribution in [0.3, 0.4) is 0 Å². The zero-order chi connectivity index (χ0) is 15.1. The summed E-state index contributed by atoms with van der Waals surface area (Å²) in [6, 6.07) is 10.5. The SMILES string of the molecule is CCC(C#N)(CCCOc1ccccc1CO)NC1CC1. The van der Waals surface area contributed by atoms with Crippen LogP contribution in [-0.4, -0.2) is 23.3 Å². The Bertz CT molecular complexity index is 494. The molecule has 1 aromatic rings. The number of ether oxygens (including phenoxy) is 1. The summed E-state index contributed by atoms with van der Waals surface area (Å²) in [5.74, 6) is 0.731. The van der Waals surface area contributed by atoms with Crippen LogP contribution >= 0.6 is 0 Å². The number of aliphatic hydroxyl groups is 1. The van der Waals surface area contributed by atoms with Crippen LogP contribution in [0, 0.1) is 11.3 Å². The highest BCUT2D eigenvalue weighted by Crippen LogP contribution is 2.27. The third-order valence-corrected chi connectivity index (χ3v) is 4.02. The van der Waals surface area contributed by atoms with E-state index >= 15 is 0 Å². The van der Waals surface area contributed by atoms with Crippen molar-refractivity contribution in [3.63, 3.8) is 0 Å². The van der Waals surface area contributed by atoms with E-state index in [1.807, 2.05) is 24.3 Å². The molecule has 4 heteroatoms. The van der Waals surface area contributed by atoms with Crippen molar-refractivity contribution in [2.75, 3.05) is 6.61 Å². The molecule has 114 valence electrons. The maximum atomic E-state index is 9.47. The molecule has 1 atom stereocenters. The van der Waals surface area contributed by atoms with E-state index < -0.39 is 5.54 Å². The molecule has 0 bridgehead atoms. The Hall–Kier alpha value is -1.57. The summed E-state index contributed by atoms with van der Waals surface area (Å²) in [5, 5.41) is 22.2. The van der Waals surface area contributed by atoms with Crippen LogP contribution in [0.15, 0.2) is 24.3 Å². The first-order chi connectivity index (χ1) is 10.2. The van der Waals surface area contributed by atoms with Gasteiger partial charge in [0.05, 0.1) is 19.3 Å². The summed E-state index contributed by atoms with van der Waals surface area (Å²) in [7, 11) is 0. The van der Waals surface area contributed by atoms with Crippen LogP contribution in [-0.2, 0) is 6.61 Å². The van der Waals surface area contributed by atoms with Crippen LogP contribution in [0.4, 0.5) is 0 Å². The number of aliphatic hydroxyl groups excluding tert-OH is 1. The lowest BCUT2D eigenvalue weighted by Crippen LogP contribution is -2.44. The molecule has 2 N–H and O–H groups in total. The van der Waals surface area contributed by atoms with Gasteiger partial charge in [-0.25, -0.2) is 0 Å². The Morgan fingerprint density at radius 3 is 2.81 bits per heavy atom. The molecular weight excluding hydrogens is 264 g/mol. The largest absolute Gasteiger partial charge is 0.493 e. The van der Waals surface area contributed by atoms with Gasteiger partial charge in [-0.2, -0.15) is 5.26 Å². The molecule has 0 aliphatic heterocycles. The molecule has 0 saturated heterocycles. The van der Waals surface area contributed by atoms with Crippen molar-refractivity contribution in [1.82, 2.24) is 5.32 Å². The van der Waals surface area contributed by atoms with Gasteiger partial charge < -0.3 is 9.84 Å². The van der Waals surface area contributed by atoms with E-state index in [0.29, 0.717) is 12.6 Å². The first-order valence-corrected chi connectivity index (χ1v) is 7.73. The van der Waals surface area contributed by atoms with Gasteiger partial charge in [0, 0.05) is 11.6 Å². The van der Waals surface area contributed by atoms with E-state index in [0.717, 1.165) is 30.6 Å². The minimum atomic E-state index is -0.416. The van der Waals surface area contributed by atoms with Crippen LogP contribution in [0.2, 0.25) is 0 Å². The van der Waals surface area contributed by atoms with E-state index in [1.54, 1.807) is 0 Å². The van der Waals surface area contributed by atoms with Crippen molar-refractivity contribution in [2.45, 2.75) is 57.2 Å². The number of para-hydroxylation sites is 1. The first-order valence-electron chi connectivity index (χ1n) is 7.73. The van der Waals surface area contributed by atoms with E-state index in [9.17, 15) is 10.4 Å². The minimum Gasteiger partial charge on any atom is -0.493 e. The lowest BCUT2D eigenvalue weighted by Gasteiger charge is -2.26. The third kappa shape index (κ3) is 4.45. The molecule has 1 aliphatic rings. The Balaban J connectivity index is 1.81. The summed E-state index contributed by atoms with van der Waals surface area (Å²) in [6.07, 6.45) is 4.79. The molecule has 21 heavy (non-hydrogen) atoms. The van der Waals surface area contributed by atoms with Crippen LogP contribution in [0.5, 0.6) is 5.75 Å². The molecule has 1 aromatic carbocycles. The average Bonchev–Trinajstić information content (AvgIpc) is 3.34. The van der Waals surface area contributed by atoms with Gasteiger partial charge in [-0.15, -0.1) is 0 Å². The van der Waals surface area contributed by atoms with Gasteiger partial charge in [-0.1, -0.05) is 25.1 Å². The van der Waals surface area contributed by atoms with Gasteiger partial charge in [-0.3, -0.25) is 5.32 Å². The number of nitriles is 1. The number of rotatable bonds is 9. The second-order valence-corrected chi connectivity index (χ2v) is 5.68. The molecule has 0 aromatic heterocycles. The zero-order valence-corrected chi connectivity index (χ0v) is 12.6. The predicted octanol–water partition coefficient (Wildman–Crippen LogP) is 2.76. The number of hydrogen-bond donors (Lipinski definition) is 2. The summed E-state index contributed by atoms with van der Waals surface area (Å²) >= 11 is 0. The smallest absolute Gasteiger partial charge is 0.124 e. The van der Waals surface area contributed by atoms with Gasteiger partial charge in [0.2, 0.25) is 0 Å². The Morgan fingerprint density at radius 2 is 2.19 bits per heavy atom. The quantitative estimate of drug-likeness (QED) is 0.686. The number of hydrogen-bond acceptors (Lipinski definition) is 4. The van der Waals surface area contributed by atoms with Crippen molar-refractivity contribution in [1.29, 1.82) is 5.26 Å². The highest BCUT2D eigenvalue weighted by atomic mass is 16.5. The monoisotopic (exact) mass is 288 g/mol. The fourth-order valence-electron chi connectivity index (χ4n) is 2.47. The maximum absolute atomic E-state index is 9.47. The standard InChI is InChI=1S/C17H24N2O2/c1-2-17(13-18,19-15-8-9-15)10-5-11-21-16-7-4-3-6-14(16)12-20/h3-4,6-7,15,19-20H,2,5,8-12H2,1H3. The minimum absolute atomic E-state index is 0.0174. The van der Waals surface area contributed by atoms with Crippen LogP contribution < -0.4 is 10.1 Å². The Kier molecular flexibility index (Phi) is 5.60. The lowest BCUT2D eigenvalue weighted by atomic mass is 9.92. The Morgan fingerprint density at radius 1 is 1.43 bits per heavy atom. The normalized spacial score (nSPS) is 17.0. The predicted molar refractivity (Wildman–Crippen MR) is 81.9 cm³/mol. The molecule has 1 aliphatic carbocycles. The molecule has 0 amide bonds. The number of nitrogens with one attached hydrogen (secondary N) is 1. The molecule has 0 spiro atoms. The van der Waals surface area contributed by atoms with Gasteiger partial charge in [0.15, 0.2) is 0 Å². The molecule has 1 saturated carbocycles. The fourth-order valence-corrected chi connectivity index (χ4v) is 2.47. The van der Waals surface area contributed by atoms with Gasteiger partial charge in [0.1, 0.15) is 11.3 Å². The topological polar surface area (TPSA) is 65.3 Å². The third-order valence-electron chi connectivity index (χ3n) is 4.02.